The van der Waals surface area contributed by atoms with Gasteiger partial charge in [-0.3, -0.25) is 9.48 Å². The Balaban J connectivity index is 1.30. The minimum absolute atomic E-state index is 0.288. The zero-order valence-corrected chi connectivity index (χ0v) is 21.3. The van der Waals surface area contributed by atoms with Crippen LogP contribution in [0, 0.1) is 6.92 Å². The highest BCUT2D eigenvalue weighted by molar-refractivity contribution is 6.03. The summed E-state index contributed by atoms with van der Waals surface area (Å²) in [5.41, 5.74) is 3.17. The number of methoxy groups -OCH3 is 2. The summed E-state index contributed by atoms with van der Waals surface area (Å²) >= 11 is 0. The van der Waals surface area contributed by atoms with Crippen molar-refractivity contribution in [2.75, 3.05) is 24.9 Å². The number of aromatic nitrogens is 6. The lowest BCUT2D eigenvalue weighted by Gasteiger charge is -2.10. The quantitative estimate of drug-likeness (QED) is 0.315. The molecule has 0 spiro atoms. The van der Waals surface area contributed by atoms with Gasteiger partial charge in [-0.05, 0) is 61.5 Å². The molecule has 0 atom stereocenters. The number of anilines is 3. The van der Waals surface area contributed by atoms with Gasteiger partial charge in [0.2, 0.25) is 0 Å². The van der Waals surface area contributed by atoms with Gasteiger partial charge in [0.15, 0.2) is 5.82 Å². The van der Waals surface area contributed by atoms with E-state index in [2.05, 4.69) is 30.8 Å². The second-order valence-electron chi connectivity index (χ2n) is 8.37. The number of benzene rings is 2. The van der Waals surface area contributed by atoms with Crippen LogP contribution in [0.4, 0.5) is 17.2 Å². The average Bonchev–Trinajstić information content (AvgIpc) is 3.59. The van der Waals surface area contributed by atoms with Crippen molar-refractivity contribution in [3.8, 4) is 28.6 Å². The van der Waals surface area contributed by atoms with E-state index in [4.69, 9.17) is 9.47 Å². The number of rotatable bonds is 8. The van der Waals surface area contributed by atoms with Gasteiger partial charge in [-0.1, -0.05) is 0 Å². The van der Waals surface area contributed by atoms with Gasteiger partial charge in [0.05, 0.1) is 19.9 Å². The number of hydrogen-bond acceptors (Lipinski definition) is 8. The summed E-state index contributed by atoms with van der Waals surface area (Å²) in [7, 11) is 4.90. The lowest BCUT2D eigenvalue weighted by Crippen LogP contribution is -2.16. The number of carbonyl (C=O) groups excluding carboxylic acids is 1. The molecule has 0 unspecified atom stereocenters. The Kier molecular flexibility index (Phi) is 6.72. The summed E-state index contributed by atoms with van der Waals surface area (Å²) in [6, 6.07) is 18.1. The molecule has 0 aliphatic rings. The molecule has 5 aromatic rings. The van der Waals surface area contributed by atoms with Crippen molar-refractivity contribution >= 4 is 23.1 Å². The highest BCUT2D eigenvalue weighted by atomic mass is 16.5. The van der Waals surface area contributed by atoms with Crippen LogP contribution in [-0.2, 0) is 7.05 Å². The predicted molar refractivity (Wildman–Crippen MR) is 143 cm³/mol. The molecular weight excluding hydrogens is 484 g/mol. The molecule has 192 valence electrons. The molecule has 2 N–H and O–H groups in total. The van der Waals surface area contributed by atoms with Crippen molar-refractivity contribution in [2.24, 2.45) is 7.05 Å². The zero-order valence-electron chi connectivity index (χ0n) is 21.3. The summed E-state index contributed by atoms with van der Waals surface area (Å²) in [5, 5.41) is 14.9. The van der Waals surface area contributed by atoms with E-state index in [9.17, 15) is 4.79 Å². The lowest BCUT2D eigenvalue weighted by molar-refractivity contribution is 0.101. The third-order valence-corrected chi connectivity index (χ3v) is 5.77. The van der Waals surface area contributed by atoms with Crippen LogP contribution >= 0.6 is 0 Å². The van der Waals surface area contributed by atoms with Crippen LogP contribution in [0.25, 0.3) is 17.1 Å². The monoisotopic (exact) mass is 510 g/mol. The topological polar surface area (TPSA) is 121 Å². The van der Waals surface area contributed by atoms with Crippen LogP contribution in [0.15, 0.2) is 73.1 Å². The van der Waals surface area contributed by atoms with E-state index in [0.29, 0.717) is 46.0 Å². The molecule has 3 heterocycles. The minimum Gasteiger partial charge on any atom is -0.497 e. The maximum absolute atomic E-state index is 13.1. The Labute approximate surface area is 219 Å². The van der Waals surface area contributed by atoms with Crippen LogP contribution in [0.5, 0.6) is 11.5 Å². The van der Waals surface area contributed by atoms with Gasteiger partial charge in [0, 0.05) is 42.4 Å². The molecule has 0 aliphatic heterocycles. The van der Waals surface area contributed by atoms with Crippen molar-refractivity contribution in [2.45, 2.75) is 6.92 Å². The number of carbonyl (C=O) groups is 1. The average molecular weight is 511 g/mol. The Hall–Kier alpha value is -5.19. The van der Waals surface area contributed by atoms with Crippen molar-refractivity contribution in [3.05, 3.63) is 84.6 Å². The first-order valence-corrected chi connectivity index (χ1v) is 11.7. The first-order chi connectivity index (χ1) is 18.4. The summed E-state index contributed by atoms with van der Waals surface area (Å²) < 4.78 is 14.0. The maximum Gasteiger partial charge on any atom is 0.273 e. The molecule has 11 heteroatoms. The second-order valence-corrected chi connectivity index (χ2v) is 8.37. The van der Waals surface area contributed by atoms with E-state index in [1.54, 1.807) is 44.3 Å². The first-order valence-electron chi connectivity index (χ1n) is 11.7. The zero-order chi connectivity index (χ0) is 26.6. The lowest BCUT2D eigenvalue weighted by atomic mass is 10.1. The number of nitrogens with one attached hydrogen (secondary N) is 2. The van der Waals surface area contributed by atoms with E-state index in [1.165, 1.54) is 4.68 Å². The van der Waals surface area contributed by atoms with Gasteiger partial charge < -0.3 is 20.1 Å². The molecular formula is C27H26N8O3. The highest BCUT2D eigenvalue weighted by Crippen LogP contribution is 2.33. The predicted octanol–water partition coefficient (Wildman–Crippen LogP) is 4.38. The molecule has 2 aromatic carbocycles. The largest absolute Gasteiger partial charge is 0.497 e. The number of hydrogen-bond donors (Lipinski definition) is 2. The van der Waals surface area contributed by atoms with Gasteiger partial charge in [-0.25, -0.2) is 14.6 Å². The number of aryl methyl sites for hydroxylation is 2. The third-order valence-electron chi connectivity index (χ3n) is 5.77. The molecule has 0 fully saturated rings. The Bertz CT molecular complexity index is 1580. The summed E-state index contributed by atoms with van der Waals surface area (Å²) in [6.07, 6.45) is 3.51. The molecule has 5 rings (SSSR count). The molecule has 1 amide bonds. The van der Waals surface area contributed by atoms with Gasteiger partial charge in [-0.15, -0.1) is 0 Å². The molecule has 11 nitrogen and oxygen atoms in total. The van der Waals surface area contributed by atoms with Gasteiger partial charge in [0.1, 0.15) is 28.8 Å². The number of amides is 1. The van der Waals surface area contributed by atoms with E-state index in [1.807, 2.05) is 61.7 Å². The van der Waals surface area contributed by atoms with Gasteiger partial charge in [0.25, 0.3) is 5.91 Å². The molecule has 0 saturated carbocycles. The Morgan fingerprint density at radius 2 is 1.74 bits per heavy atom. The molecule has 0 saturated heterocycles. The van der Waals surface area contributed by atoms with Crippen molar-refractivity contribution in [1.29, 1.82) is 0 Å². The maximum atomic E-state index is 13.1. The van der Waals surface area contributed by atoms with Crippen LogP contribution < -0.4 is 20.1 Å². The van der Waals surface area contributed by atoms with Crippen molar-refractivity contribution in [3.63, 3.8) is 0 Å². The van der Waals surface area contributed by atoms with E-state index >= 15 is 0 Å². The van der Waals surface area contributed by atoms with Gasteiger partial charge in [-0.2, -0.15) is 10.2 Å². The number of nitrogens with zero attached hydrogens (tertiary/aromatic N) is 6. The van der Waals surface area contributed by atoms with E-state index in [-0.39, 0.29) is 5.91 Å². The minimum atomic E-state index is -0.288. The Morgan fingerprint density at radius 3 is 2.45 bits per heavy atom. The van der Waals surface area contributed by atoms with Crippen LogP contribution in [0.1, 0.15) is 16.3 Å². The number of ether oxygens (including phenoxy) is 2. The fraction of sp³-hybridized carbons (Fsp3) is 0.148. The van der Waals surface area contributed by atoms with Crippen LogP contribution in [-0.4, -0.2) is 49.7 Å². The molecule has 0 bridgehead atoms. The van der Waals surface area contributed by atoms with Gasteiger partial charge >= 0.3 is 0 Å². The summed E-state index contributed by atoms with van der Waals surface area (Å²) in [4.78, 5) is 21.9. The SMILES string of the molecule is COc1ccc(OC)c(-c2cc(C(=O)Nc3ccc(Nc4cc(-n5cccn5)nc(C)n4)cc3)n(C)n2)c1. The fourth-order valence-corrected chi connectivity index (χ4v) is 3.94. The van der Waals surface area contributed by atoms with Crippen molar-refractivity contribution in [1.82, 2.24) is 29.5 Å². The molecule has 0 aliphatic carbocycles. The fourth-order valence-electron chi connectivity index (χ4n) is 3.94. The smallest absolute Gasteiger partial charge is 0.273 e. The summed E-state index contributed by atoms with van der Waals surface area (Å²) in [5.74, 6) is 2.93. The normalized spacial score (nSPS) is 10.7. The van der Waals surface area contributed by atoms with E-state index < -0.39 is 0 Å². The third kappa shape index (κ3) is 5.16. The Morgan fingerprint density at radius 1 is 0.947 bits per heavy atom. The second kappa shape index (κ2) is 10.4. The van der Waals surface area contributed by atoms with Crippen molar-refractivity contribution < 1.29 is 14.3 Å². The first kappa shape index (κ1) is 24.5. The highest BCUT2D eigenvalue weighted by Gasteiger charge is 2.18. The molecule has 0 radical (unpaired) electrons. The van der Waals surface area contributed by atoms with Crippen LogP contribution in [0.3, 0.4) is 0 Å². The van der Waals surface area contributed by atoms with Crippen LogP contribution in [0.2, 0.25) is 0 Å². The van der Waals surface area contributed by atoms with E-state index in [0.717, 1.165) is 11.3 Å². The molecule has 38 heavy (non-hydrogen) atoms. The molecule has 3 aromatic heterocycles. The standard InChI is InChI=1S/C27H26N8O3/c1-17-29-25(16-26(30-17)35-13-5-12-28-35)31-18-6-8-19(9-7-18)32-27(36)23-15-22(33-34(23)2)21-14-20(37-3)10-11-24(21)38-4/h5-16H,1-4H3,(H,32,36)(H,29,30,31). The summed E-state index contributed by atoms with van der Waals surface area (Å²) in [6.45, 7) is 1.82.